The van der Waals surface area contributed by atoms with Crippen molar-refractivity contribution in [3.63, 3.8) is 0 Å². The van der Waals surface area contributed by atoms with Crippen LogP contribution < -0.4 is 5.32 Å². The topological polar surface area (TPSA) is 92.1 Å². The molecule has 202 valence electrons. The van der Waals surface area contributed by atoms with Crippen molar-refractivity contribution in [3.8, 4) is 0 Å². The number of amides is 2. The largest absolute Gasteiger partial charge is 0.458 e. The maximum atomic E-state index is 14.4. The van der Waals surface area contributed by atoms with E-state index in [4.69, 9.17) is 9.15 Å². The van der Waals surface area contributed by atoms with Crippen molar-refractivity contribution in [2.24, 2.45) is 5.92 Å². The van der Waals surface area contributed by atoms with Gasteiger partial charge in [-0.3, -0.25) is 14.4 Å². The number of carbonyl (C=O) groups is 3. The molecule has 4 atom stereocenters. The van der Waals surface area contributed by atoms with Crippen LogP contribution in [0.25, 0.3) is 0 Å². The number of furan rings is 1. The molecular formula is C28H33N3O5S2. The summed E-state index contributed by atoms with van der Waals surface area (Å²) in [6.45, 7) is 8.10. The molecule has 5 rings (SSSR count). The molecule has 0 aromatic carbocycles. The first kappa shape index (κ1) is 26.8. The van der Waals surface area contributed by atoms with Gasteiger partial charge in [-0.15, -0.1) is 22.7 Å². The van der Waals surface area contributed by atoms with E-state index in [0.717, 1.165) is 20.9 Å². The Hall–Kier alpha value is -2.79. The fourth-order valence-corrected chi connectivity index (χ4v) is 7.99. The summed E-state index contributed by atoms with van der Waals surface area (Å²) >= 11 is 3.05. The minimum Gasteiger partial charge on any atom is -0.458 e. The second kappa shape index (κ2) is 11.1. The minimum atomic E-state index is -0.843. The molecule has 10 heteroatoms. The number of hydrogen-bond acceptors (Lipinski definition) is 8. The van der Waals surface area contributed by atoms with E-state index < -0.39 is 23.9 Å². The van der Waals surface area contributed by atoms with Crippen LogP contribution in [0.2, 0.25) is 0 Å². The Balaban J connectivity index is 1.74. The van der Waals surface area contributed by atoms with Gasteiger partial charge in [-0.2, -0.15) is 0 Å². The fourth-order valence-electron chi connectivity index (χ4n) is 5.81. The molecule has 0 aliphatic carbocycles. The van der Waals surface area contributed by atoms with E-state index in [-0.39, 0.29) is 30.0 Å². The summed E-state index contributed by atoms with van der Waals surface area (Å²) in [6, 6.07) is 6.00. The molecule has 3 aromatic rings. The van der Waals surface area contributed by atoms with Gasteiger partial charge in [0.2, 0.25) is 17.6 Å². The van der Waals surface area contributed by atoms with Crippen LogP contribution in [0.3, 0.4) is 0 Å². The Labute approximate surface area is 230 Å². The van der Waals surface area contributed by atoms with E-state index in [1.54, 1.807) is 24.0 Å². The Morgan fingerprint density at radius 2 is 1.66 bits per heavy atom. The lowest BCUT2D eigenvalue weighted by atomic mass is 9.80. The highest BCUT2D eigenvalue weighted by atomic mass is 32.1. The van der Waals surface area contributed by atoms with Gasteiger partial charge in [-0.05, 0) is 66.9 Å². The first-order valence-corrected chi connectivity index (χ1v) is 14.6. The van der Waals surface area contributed by atoms with Gasteiger partial charge >= 0.3 is 0 Å². The molecule has 0 spiro atoms. The summed E-state index contributed by atoms with van der Waals surface area (Å²) in [5, 5.41) is 7.25. The summed E-state index contributed by atoms with van der Waals surface area (Å²) < 4.78 is 11.1. The summed E-state index contributed by atoms with van der Waals surface area (Å²) in [7, 11) is 1.47. The minimum absolute atomic E-state index is 0.126. The van der Waals surface area contributed by atoms with Gasteiger partial charge in [0, 0.05) is 49.0 Å². The molecule has 0 radical (unpaired) electrons. The average Bonchev–Trinajstić information content (AvgIpc) is 3.69. The zero-order valence-corrected chi connectivity index (χ0v) is 23.7. The smallest absolute Gasteiger partial charge is 0.249 e. The van der Waals surface area contributed by atoms with Crippen LogP contribution in [0.1, 0.15) is 49.2 Å². The zero-order chi connectivity index (χ0) is 27.0. The first-order chi connectivity index (χ1) is 18.3. The molecule has 4 unspecified atom stereocenters. The number of aryl methyl sites for hydroxylation is 3. The Morgan fingerprint density at radius 3 is 2.21 bits per heavy atom. The number of piperazine rings is 1. The number of thiophene rings is 2. The lowest BCUT2D eigenvalue weighted by Gasteiger charge is -2.36. The molecule has 5 heterocycles. The number of Topliss-reactive ketones (excluding diaryl/α,β-unsaturated/α-hetero) is 1. The molecule has 2 amide bonds. The van der Waals surface area contributed by atoms with Crippen molar-refractivity contribution in [3.05, 3.63) is 67.4 Å². The third kappa shape index (κ3) is 4.75. The van der Waals surface area contributed by atoms with Crippen LogP contribution in [0, 0.1) is 26.7 Å². The number of rotatable bonds is 7. The Bertz CT molecular complexity index is 1320. The second-order valence-electron chi connectivity index (χ2n) is 9.96. The highest BCUT2D eigenvalue weighted by Crippen LogP contribution is 2.54. The molecule has 1 N–H and O–H groups in total. The third-order valence-corrected chi connectivity index (χ3v) is 9.77. The van der Waals surface area contributed by atoms with E-state index in [0.29, 0.717) is 31.9 Å². The van der Waals surface area contributed by atoms with E-state index in [2.05, 4.69) is 5.32 Å². The number of likely N-dealkylation sites (tertiary alicyclic amines) is 1. The number of methoxy groups -OCH3 is 1. The molecule has 2 aliphatic heterocycles. The Kier molecular flexibility index (Phi) is 7.85. The quantitative estimate of drug-likeness (QED) is 0.444. The number of nitrogens with one attached hydrogen (secondary N) is 1. The summed E-state index contributed by atoms with van der Waals surface area (Å²) in [6.07, 6.45) is 0. The van der Waals surface area contributed by atoms with Crippen LogP contribution in [-0.2, 0) is 14.3 Å². The van der Waals surface area contributed by atoms with Crippen molar-refractivity contribution in [1.29, 1.82) is 0 Å². The molecule has 2 saturated heterocycles. The number of nitrogens with zero attached hydrogens (tertiary/aromatic N) is 2. The molecule has 38 heavy (non-hydrogen) atoms. The predicted octanol–water partition coefficient (Wildman–Crippen LogP) is 3.94. The second-order valence-corrected chi connectivity index (χ2v) is 11.9. The standard InChI is InChI=1S/C28H33N3O5S2/c1-16-7-13-37-26(16)22-21(25(33)19-6-5-18(3)36-19)23(27-17(2)8-14-38-27)31(20(32)15-35-4)24(22)28(34)30-11-9-29-10-12-30/h5-8,13-14,21-24,29H,9-12,15H2,1-4H3. The maximum absolute atomic E-state index is 14.4. The van der Waals surface area contributed by atoms with E-state index in [1.807, 2.05) is 41.6 Å². The van der Waals surface area contributed by atoms with Crippen LogP contribution in [-0.4, -0.2) is 73.3 Å². The van der Waals surface area contributed by atoms with Crippen molar-refractivity contribution >= 4 is 40.3 Å². The van der Waals surface area contributed by atoms with Crippen LogP contribution in [0.4, 0.5) is 0 Å². The van der Waals surface area contributed by atoms with Crippen LogP contribution in [0.15, 0.2) is 39.4 Å². The van der Waals surface area contributed by atoms with Gasteiger partial charge in [0.15, 0.2) is 5.76 Å². The van der Waals surface area contributed by atoms with E-state index >= 15 is 0 Å². The SMILES string of the molecule is COCC(=O)N1C(C(=O)N2CCNCC2)C(c2sccc2C)C(C(=O)c2ccc(C)o2)C1c1sccc1C. The number of ketones is 1. The zero-order valence-electron chi connectivity index (χ0n) is 22.1. The number of ether oxygens (including phenoxy) is 1. The monoisotopic (exact) mass is 555 g/mol. The van der Waals surface area contributed by atoms with Crippen molar-refractivity contribution in [2.75, 3.05) is 39.9 Å². The summed E-state index contributed by atoms with van der Waals surface area (Å²) in [5.41, 5.74) is 2.00. The van der Waals surface area contributed by atoms with Crippen LogP contribution >= 0.6 is 22.7 Å². The maximum Gasteiger partial charge on any atom is 0.249 e. The highest BCUT2D eigenvalue weighted by Gasteiger charge is 2.59. The number of carbonyl (C=O) groups excluding carboxylic acids is 3. The van der Waals surface area contributed by atoms with Gasteiger partial charge in [0.05, 0.1) is 12.0 Å². The van der Waals surface area contributed by atoms with Crippen molar-refractivity contribution in [2.45, 2.75) is 38.8 Å². The van der Waals surface area contributed by atoms with Gasteiger partial charge in [0.1, 0.15) is 18.4 Å². The van der Waals surface area contributed by atoms with Gasteiger partial charge in [0.25, 0.3) is 0 Å². The lowest BCUT2D eigenvalue weighted by Crippen LogP contribution is -2.55. The normalized spacial score (nSPS) is 23.7. The molecule has 0 saturated carbocycles. The average molecular weight is 556 g/mol. The van der Waals surface area contributed by atoms with Crippen LogP contribution in [0.5, 0.6) is 0 Å². The molecule has 8 nitrogen and oxygen atoms in total. The Morgan fingerprint density at radius 1 is 1.00 bits per heavy atom. The van der Waals surface area contributed by atoms with Gasteiger partial charge in [-0.25, -0.2) is 0 Å². The van der Waals surface area contributed by atoms with Gasteiger partial charge < -0.3 is 24.3 Å². The van der Waals surface area contributed by atoms with E-state index in [1.165, 1.54) is 29.8 Å². The fraction of sp³-hybridized carbons (Fsp3) is 0.464. The lowest BCUT2D eigenvalue weighted by molar-refractivity contribution is -0.148. The van der Waals surface area contributed by atoms with Crippen molar-refractivity contribution < 1.29 is 23.5 Å². The molecule has 2 aliphatic rings. The summed E-state index contributed by atoms with van der Waals surface area (Å²) in [4.78, 5) is 48.0. The molecule has 2 fully saturated rings. The van der Waals surface area contributed by atoms with E-state index in [9.17, 15) is 14.4 Å². The van der Waals surface area contributed by atoms with Gasteiger partial charge in [-0.1, -0.05) is 0 Å². The first-order valence-electron chi connectivity index (χ1n) is 12.8. The van der Waals surface area contributed by atoms with Crippen molar-refractivity contribution in [1.82, 2.24) is 15.1 Å². The molecule has 0 bridgehead atoms. The highest BCUT2D eigenvalue weighted by molar-refractivity contribution is 7.10. The molecule has 3 aromatic heterocycles. The third-order valence-electron chi connectivity index (χ3n) is 7.56. The molecular weight excluding hydrogens is 522 g/mol. The predicted molar refractivity (Wildman–Crippen MR) is 147 cm³/mol. The summed E-state index contributed by atoms with van der Waals surface area (Å²) in [5.74, 6) is -0.960. The number of hydrogen-bond donors (Lipinski definition) is 1.